The van der Waals surface area contributed by atoms with Crippen molar-refractivity contribution in [2.75, 3.05) is 25.7 Å². The molecule has 1 saturated heterocycles. The van der Waals surface area contributed by atoms with E-state index in [-0.39, 0.29) is 11.8 Å². The molecular weight excluding hydrogens is 394 g/mol. The summed E-state index contributed by atoms with van der Waals surface area (Å²) < 4.78 is 10.5. The predicted octanol–water partition coefficient (Wildman–Crippen LogP) is 3.71. The van der Waals surface area contributed by atoms with Gasteiger partial charge in [-0.25, -0.2) is 4.79 Å². The fraction of sp³-hybridized carbons (Fsp3) is 0.619. The average Bonchev–Trinajstić information content (AvgIpc) is 3.26. The number of ether oxygens (including phenoxy) is 2. The van der Waals surface area contributed by atoms with Gasteiger partial charge in [0.2, 0.25) is 5.91 Å². The molecule has 3 fully saturated rings. The number of nitrogens with one attached hydrogen (secondary N) is 1. The highest BCUT2D eigenvalue weighted by Crippen LogP contribution is 2.65. The maximum absolute atomic E-state index is 12.9. The highest BCUT2D eigenvalue weighted by atomic mass is 32.2. The molecule has 1 aliphatic heterocycles. The largest absolute Gasteiger partial charge is 0.496 e. The minimum atomic E-state index is -0.439. The van der Waals surface area contributed by atoms with Gasteiger partial charge in [0.1, 0.15) is 11.3 Å². The quantitative estimate of drug-likeness (QED) is 0.731. The lowest BCUT2D eigenvalue weighted by molar-refractivity contribution is -0.126. The van der Waals surface area contributed by atoms with Gasteiger partial charge in [0.25, 0.3) is 0 Å². The molecule has 1 N–H and O–H groups in total. The van der Waals surface area contributed by atoms with Crippen molar-refractivity contribution in [3.05, 3.63) is 29.3 Å². The van der Waals surface area contributed by atoms with Crippen LogP contribution in [0, 0.1) is 17.8 Å². The minimum absolute atomic E-state index is 0.114. The molecule has 2 bridgehead atoms. The van der Waals surface area contributed by atoms with Gasteiger partial charge in [0.15, 0.2) is 0 Å². The smallest absolute Gasteiger partial charge is 0.341 e. The van der Waals surface area contributed by atoms with Gasteiger partial charge in [-0.1, -0.05) is 6.07 Å². The Bertz CT molecular complexity index is 747. The molecule has 5 nitrogen and oxygen atoms in total. The molecule has 1 aromatic rings. The SMILES string of the molecule is COC(=O)c1cc(CNC(=O)C2C[C@H]3CC[C@@H](C2)C32SCCS2)ccc1OC. The highest BCUT2D eigenvalue weighted by molar-refractivity contribution is 8.21. The molecule has 4 rings (SSSR count). The van der Waals surface area contributed by atoms with Crippen LogP contribution < -0.4 is 10.1 Å². The Labute approximate surface area is 174 Å². The fourth-order valence-electron chi connectivity index (χ4n) is 5.08. The van der Waals surface area contributed by atoms with Crippen molar-refractivity contribution in [2.45, 2.75) is 36.3 Å². The van der Waals surface area contributed by atoms with Gasteiger partial charge in [-0.2, -0.15) is 0 Å². The van der Waals surface area contributed by atoms with E-state index in [0.717, 1.165) is 18.4 Å². The van der Waals surface area contributed by atoms with Crippen LogP contribution in [0.3, 0.4) is 0 Å². The molecule has 1 heterocycles. The number of carbonyl (C=O) groups is 2. The van der Waals surface area contributed by atoms with E-state index in [9.17, 15) is 9.59 Å². The summed E-state index contributed by atoms with van der Waals surface area (Å²) in [6, 6.07) is 5.35. The number of hydrogen-bond donors (Lipinski definition) is 1. The van der Waals surface area contributed by atoms with Crippen LogP contribution in [-0.4, -0.2) is 41.7 Å². The first-order valence-electron chi connectivity index (χ1n) is 9.88. The van der Waals surface area contributed by atoms with Gasteiger partial charge in [-0.15, -0.1) is 23.5 Å². The standard InChI is InChI=1S/C21H27NO4S2/c1-25-18-6-3-13(9-17(18)20(24)26-2)12-22-19(23)14-10-15-4-5-16(11-14)21(15)27-7-8-28-21/h3,6,9,14-16H,4-5,7-8,10-12H2,1-2H3,(H,22,23)/t14?,15-,16+. The van der Waals surface area contributed by atoms with Crippen molar-refractivity contribution in [1.29, 1.82) is 0 Å². The molecule has 0 aromatic heterocycles. The predicted molar refractivity (Wildman–Crippen MR) is 113 cm³/mol. The van der Waals surface area contributed by atoms with Gasteiger partial charge < -0.3 is 14.8 Å². The van der Waals surface area contributed by atoms with Crippen LogP contribution in [0.4, 0.5) is 0 Å². The Morgan fingerprint density at radius 2 is 1.82 bits per heavy atom. The van der Waals surface area contributed by atoms with E-state index in [1.807, 2.05) is 6.07 Å². The second-order valence-corrected chi connectivity index (χ2v) is 10.8. The second-order valence-electron chi connectivity index (χ2n) is 7.80. The lowest BCUT2D eigenvalue weighted by Crippen LogP contribution is -2.42. The molecule has 1 unspecified atom stereocenters. The van der Waals surface area contributed by atoms with Crippen molar-refractivity contribution in [1.82, 2.24) is 5.32 Å². The Hall–Kier alpha value is -1.34. The Morgan fingerprint density at radius 3 is 2.43 bits per heavy atom. The minimum Gasteiger partial charge on any atom is -0.496 e. The Morgan fingerprint density at radius 1 is 1.14 bits per heavy atom. The number of esters is 1. The number of methoxy groups -OCH3 is 2. The summed E-state index contributed by atoms with van der Waals surface area (Å²) in [4.78, 5) is 24.8. The van der Waals surface area contributed by atoms with Crippen molar-refractivity contribution in [2.24, 2.45) is 17.8 Å². The highest BCUT2D eigenvalue weighted by Gasteiger charge is 2.57. The Balaban J connectivity index is 1.38. The number of rotatable bonds is 5. The van der Waals surface area contributed by atoms with E-state index >= 15 is 0 Å². The summed E-state index contributed by atoms with van der Waals surface area (Å²) >= 11 is 4.31. The van der Waals surface area contributed by atoms with Gasteiger partial charge in [0.05, 0.1) is 18.3 Å². The van der Waals surface area contributed by atoms with E-state index < -0.39 is 5.97 Å². The Kier molecular flexibility index (Phi) is 5.83. The fourth-order valence-corrected chi connectivity index (χ4v) is 9.02. The molecule has 3 aliphatic rings. The van der Waals surface area contributed by atoms with Gasteiger partial charge in [-0.3, -0.25) is 4.79 Å². The van der Waals surface area contributed by atoms with E-state index in [0.29, 0.717) is 33.8 Å². The summed E-state index contributed by atoms with van der Waals surface area (Å²) in [6.45, 7) is 0.410. The van der Waals surface area contributed by atoms with Crippen LogP contribution >= 0.6 is 23.5 Å². The summed E-state index contributed by atoms with van der Waals surface area (Å²) in [5.41, 5.74) is 1.25. The lowest BCUT2D eigenvalue weighted by atomic mass is 9.79. The van der Waals surface area contributed by atoms with Crippen LogP contribution in [0.5, 0.6) is 5.75 Å². The zero-order valence-corrected chi connectivity index (χ0v) is 18.0. The van der Waals surface area contributed by atoms with Crippen LogP contribution in [0.15, 0.2) is 18.2 Å². The topological polar surface area (TPSA) is 64.6 Å². The number of carbonyl (C=O) groups excluding carboxylic acids is 2. The molecular formula is C21H27NO4S2. The van der Waals surface area contributed by atoms with E-state index in [1.54, 1.807) is 12.1 Å². The monoisotopic (exact) mass is 421 g/mol. The van der Waals surface area contributed by atoms with Crippen molar-refractivity contribution < 1.29 is 19.1 Å². The van der Waals surface area contributed by atoms with Gasteiger partial charge >= 0.3 is 5.97 Å². The van der Waals surface area contributed by atoms with Crippen molar-refractivity contribution >= 4 is 35.4 Å². The summed E-state index contributed by atoms with van der Waals surface area (Å²) in [6.07, 6.45) is 4.57. The number of thioether (sulfide) groups is 2. The number of benzene rings is 1. The molecule has 2 saturated carbocycles. The number of amides is 1. The molecule has 2 aliphatic carbocycles. The van der Waals surface area contributed by atoms with Crippen LogP contribution in [0.25, 0.3) is 0 Å². The first kappa shape index (κ1) is 20.0. The third-order valence-electron chi connectivity index (χ3n) is 6.39. The van der Waals surface area contributed by atoms with Crippen molar-refractivity contribution in [3.8, 4) is 5.75 Å². The third-order valence-corrected chi connectivity index (χ3v) is 10.4. The van der Waals surface area contributed by atoms with Gasteiger partial charge in [0, 0.05) is 24.0 Å². The van der Waals surface area contributed by atoms with E-state index in [4.69, 9.17) is 9.47 Å². The zero-order chi connectivity index (χ0) is 19.7. The summed E-state index contributed by atoms with van der Waals surface area (Å²) in [5, 5.41) is 3.09. The maximum Gasteiger partial charge on any atom is 0.341 e. The first-order valence-corrected chi connectivity index (χ1v) is 11.9. The van der Waals surface area contributed by atoms with Crippen LogP contribution in [0.1, 0.15) is 41.6 Å². The van der Waals surface area contributed by atoms with Crippen LogP contribution in [0.2, 0.25) is 0 Å². The van der Waals surface area contributed by atoms with E-state index in [1.165, 1.54) is 38.6 Å². The average molecular weight is 422 g/mol. The summed E-state index contributed by atoms with van der Waals surface area (Å²) in [7, 11) is 2.87. The molecule has 3 atom stereocenters. The normalized spacial score (nSPS) is 27.6. The van der Waals surface area contributed by atoms with Crippen molar-refractivity contribution in [3.63, 3.8) is 0 Å². The molecule has 1 amide bonds. The molecule has 152 valence electrons. The van der Waals surface area contributed by atoms with Crippen LogP contribution in [-0.2, 0) is 16.1 Å². The zero-order valence-electron chi connectivity index (χ0n) is 16.4. The molecule has 7 heteroatoms. The summed E-state index contributed by atoms with van der Waals surface area (Å²) in [5.74, 6) is 4.16. The van der Waals surface area contributed by atoms with E-state index in [2.05, 4.69) is 28.8 Å². The molecule has 1 aromatic carbocycles. The first-order chi connectivity index (χ1) is 13.6. The molecule has 28 heavy (non-hydrogen) atoms. The maximum atomic E-state index is 12.9. The second kappa shape index (κ2) is 8.19. The van der Waals surface area contributed by atoms with Gasteiger partial charge in [-0.05, 0) is 55.2 Å². The molecule has 0 radical (unpaired) electrons. The molecule has 1 spiro atoms. The third kappa shape index (κ3) is 3.52. The number of hydrogen-bond acceptors (Lipinski definition) is 6. The lowest BCUT2D eigenvalue weighted by Gasteiger charge is -2.42.